The first-order valence-electron chi connectivity index (χ1n) is 12.0. The molecule has 5 heteroatoms. The van der Waals surface area contributed by atoms with Gasteiger partial charge in [0.25, 0.3) is 0 Å². The molecular weight excluding hydrogens is 410 g/mol. The van der Waals surface area contributed by atoms with Crippen LogP contribution in [0.2, 0.25) is 0 Å². The first-order valence-corrected chi connectivity index (χ1v) is 12.0. The number of carbonyl (C=O) groups is 1. The van der Waals surface area contributed by atoms with Crippen LogP contribution in [-0.4, -0.2) is 37.0 Å². The molecule has 4 rings (SSSR count). The van der Waals surface area contributed by atoms with Crippen molar-refractivity contribution in [2.45, 2.75) is 51.1 Å². The normalized spacial score (nSPS) is 20.7. The van der Waals surface area contributed by atoms with Crippen molar-refractivity contribution in [2.24, 2.45) is 5.92 Å². The van der Waals surface area contributed by atoms with Gasteiger partial charge in [0.1, 0.15) is 5.75 Å². The molecule has 1 fully saturated rings. The molecule has 5 nitrogen and oxygen atoms in total. The number of nitrogens with one attached hydrogen (secondary N) is 1. The van der Waals surface area contributed by atoms with Crippen molar-refractivity contribution in [1.82, 2.24) is 10.2 Å². The molecule has 2 aliphatic rings. The molecule has 0 unspecified atom stereocenters. The number of hydrogen-bond acceptors (Lipinski definition) is 4. The van der Waals surface area contributed by atoms with Gasteiger partial charge in [-0.3, -0.25) is 9.69 Å². The van der Waals surface area contributed by atoms with E-state index in [-0.39, 0.29) is 11.9 Å². The molecule has 172 valence electrons. The molecule has 33 heavy (non-hydrogen) atoms. The lowest BCUT2D eigenvalue weighted by Gasteiger charge is -2.33. The zero-order valence-corrected chi connectivity index (χ0v) is 19.4. The second-order valence-corrected chi connectivity index (χ2v) is 9.24. The average molecular weight is 444 g/mol. The fourth-order valence-electron chi connectivity index (χ4n) is 4.97. The van der Waals surface area contributed by atoms with E-state index in [4.69, 9.17) is 10.00 Å². The van der Waals surface area contributed by atoms with E-state index in [1.807, 2.05) is 36.4 Å². The number of methoxy groups -OCH3 is 1. The maximum Gasteiger partial charge on any atom is 0.244 e. The van der Waals surface area contributed by atoms with E-state index < -0.39 is 0 Å². The molecule has 1 aliphatic heterocycles. The Morgan fingerprint density at radius 3 is 2.67 bits per heavy atom. The molecule has 1 heterocycles. The van der Waals surface area contributed by atoms with Gasteiger partial charge in [-0.2, -0.15) is 5.26 Å². The fraction of sp³-hybridized carbons (Fsp3) is 0.429. The predicted octanol–water partition coefficient (Wildman–Crippen LogP) is 4.70. The molecule has 2 aromatic carbocycles. The largest absolute Gasteiger partial charge is 0.497 e. The van der Waals surface area contributed by atoms with Crippen LogP contribution in [0.15, 0.2) is 48.5 Å². The van der Waals surface area contributed by atoms with Crippen molar-refractivity contribution in [3.05, 3.63) is 70.8 Å². The van der Waals surface area contributed by atoms with E-state index >= 15 is 0 Å². The Balaban J connectivity index is 1.16. The van der Waals surface area contributed by atoms with Crippen molar-refractivity contribution in [3.8, 4) is 11.8 Å². The van der Waals surface area contributed by atoms with Gasteiger partial charge in [0.05, 0.1) is 18.7 Å². The first-order chi connectivity index (χ1) is 16.1. The molecule has 0 atom stereocenters. The molecule has 0 radical (unpaired) electrons. The van der Waals surface area contributed by atoms with Gasteiger partial charge in [-0.25, -0.2) is 0 Å². The van der Waals surface area contributed by atoms with Gasteiger partial charge < -0.3 is 10.1 Å². The molecular formula is C28H33N3O2. The van der Waals surface area contributed by atoms with Crippen LogP contribution < -0.4 is 10.1 Å². The Morgan fingerprint density at radius 2 is 1.94 bits per heavy atom. The van der Waals surface area contributed by atoms with Crippen LogP contribution >= 0.6 is 0 Å². The number of nitrogens with zero attached hydrogens (tertiary/aromatic N) is 2. The van der Waals surface area contributed by atoms with Crippen LogP contribution in [-0.2, 0) is 17.8 Å². The van der Waals surface area contributed by atoms with Crippen LogP contribution in [0.4, 0.5) is 0 Å². The summed E-state index contributed by atoms with van der Waals surface area (Å²) in [6.07, 6.45) is 10.2. The minimum Gasteiger partial charge on any atom is -0.497 e. The summed E-state index contributed by atoms with van der Waals surface area (Å²) < 4.78 is 5.16. The molecule has 1 saturated carbocycles. The maximum absolute atomic E-state index is 12.3. The Kier molecular flexibility index (Phi) is 7.80. The lowest BCUT2D eigenvalue weighted by atomic mass is 9.84. The second kappa shape index (κ2) is 11.2. The summed E-state index contributed by atoms with van der Waals surface area (Å²) in [7, 11) is 1.64. The number of fused-ring (bicyclic) bond motifs is 1. The Bertz CT molecular complexity index is 1010. The summed E-state index contributed by atoms with van der Waals surface area (Å²) in [5, 5.41) is 12.3. The summed E-state index contributed by atoms with van der Waals surface area (Å²) in [5.41, 5.74) is 4.45. The van der Waals surface area contributed by atoms with Crippen LogP contribution in [0.1, 0.15) is 54.4 Å². The lowest BCUT2D eigenvalue weighted by molar-refractivity contribution is -0.117. The van der Waals surface area contributed by atoms with Crippen molar-refractivity contribution in [1.29, 1.82) is 5.26 Å². The first kappa shape index (κ1) is 23.1. The highest BCUT2D eigenvalue weighted by atomic mass is 16.5. The van der Waals surface area contributed by atoms with Crippen LogP contribution in [0.5, 0.6) is 5.75 Å². The van der Waals surface area contributed by atoms with Crippen molar-refractivity contribution in [3.63, 3.8) is 0 Å². The van der Waals surface area contributed by atoms with Crippen molar-refractivity contribution < 1.29 is 9.53 Å². The topological polar surface area (TPSA) is 65.4 Å². The molecule has 0 aromatic heterocycles. The highest BCUT2D eigenvalue weighted by Crippen LogP contribution is 2.28. The number of amides is 1. The van der Waals surface area contributed by atoms with Crippen LogP contribution in [0.25, 0.3) is 6.08 Å². The van der Waals surface area contributed by atoms with Gasteiger partial charge in [0.2, 0.25) is 5.91 Å². The number of carbonyl (C=O) groups excluding carboxylic acids is 1. The molecule has 2 aromatic rings. The third-order valence-electron chi connectivity index (χ3n) is 7.02. The smallest absolute Gasteiger partial charge is 0.244 e. The van der Waals surface area contributed by atoms with E-state index in [1.54, 1.807) is 13.2 Å². The van der Waals surface area contributed by atoms with E-state index in [9.17, 15) is 4.79 Å². The highest BCUT2D eigenvalue weighted by molar-refractivity contribution is 5.91. The van der Waals surface area contributed by atoms with E-state index in [0.717, 1.165) is 61.7 Å². The Morgan fingerprint density at radius 1 is 1.15 bits per heavy atom. The minimum absolute atomic E-state index is 0.0158. The SMILES string of the molecule is COc1ccc(/C=C/C(=O)NC2CCC(CCN3CCc4ccc(C#N)cc4C3)CC2)cc1. The van der Waals surface area contributed by atoms with Crippen molar-refractivity contribution >= 4 is 12.0 Å². The summed E-state index contributed by atoms with van der Waals surface area (Å²) in [6, 6.07) is 16.3. The monoisotopic (exact) mass is 443 g/mol. The van der Waals surface area contributed by atoms with Gasteiger partial charge in [-0.1, -0.05) is 18.2 Å². The fourth-order valence-corrected chi connectivity index (χ4v) is 4.97. The predicted molar refractivity (Wildman–Crippen MR) is 131 cm³/mol. The number of rotatable bonds is 7. The van der Waals surface area contributed by atoms with Crippen molar-refractivity contribution in [2.75, 3.05) is 20.2 Å². The molecule has 1 amide bonds. The summed E-state index contributed by atoms with van der Waals surface area (Å²) in [4.78, 5) is 14.8. The van der Waals surface area contributed by atoms with Gasteiger partial charge in [0.15, 0.2) is 0 Å². The van der Waals surface area contributed by atoms with Gasteiger partial charge in [-0.05, 0) is 98.0 Å². The molecule has 0 spiro atoms. The highest BCUT2D eigenvalue weighted by Gasteiger charge is 2.23. The molecule has 0 bridgehead atoms. The zero-order valence-electron chi connectivity index (χ0n) is 19.4. The van der Waals surface area contributed by atoms with Gasteiger partial charge >= 0.3 is 0 Å². The quantitative estimate of drug-likeness (QED) is 0.630. The van der Waals surface area contributed by atoms with Crippen LogP contribution in [0.3, 0.4) is 0 Å². The summed E-state index contributed by atoms with van der Waals surface area (Å²) in [6.45, 7) is 3.17. The van der Waals surface area contributed by atoms with Gasteiger partial charge in [-0.15, -0.1) is 0 Å². The third kappa shape index (κ3) is 6.46. The second-order valence-electron chi connectivity index (χ2n) is 9.24. The van der Waals surface area contributed by atoms with E-state index in [0.29, 0.717) is 0 Å². The van der Waals surface area contributed by atoms with E-state index in [1.165, 1.54) is 30.4 Å². The number of benzene rings is 2. The molecule has 1 aliphatic carbocycles. The zero-order chi connectivity index (χ0) is 23.0. The number of ether oxygens (including phenoxy) is 1. The van der Waals surface area contributed by atoms with Crippen LogP contribution in [0, 0.1) is 17.2 Å². The molecule has 0 saturated heterocycles. The lowest BCUT2D eigenvalue weighted by Crippen LogP contribution is -2.37. The summed E-state index contributed by atoms with van der Waals surface area (Å²) >= 11 is 0. The summed E-state index contributed by atoms with van der Waals surface area (Å²) in [5.74, 6) is 1.53. The minimum atomic E-state index is -0.0158. The Labute approximate surface area is 197 Å². The average Bonchev–Trinajstić information content (AvgIpc) is 2.87. The maximum atomic E-state index is 12.3. The number of nitriles is 1. The third-order valence-corrected chi connectivity index (χ3v) is 7.02. The van der Waals surface area contributed by atoms with E-state index in [2.05, 4.69) is 28.4 Å². The number of hydrogen-bond donors (Lipinski definition) is 1. The standard InChI is InChI=1S/C28H33N3O2/c1-33-27-11-5-21(6-12-27)7-13-28(32)30-26-9-3-22(4-10-26)14-16-31-17-15-24-8-2-23(19-29)18-25(24)20-31/h2,5-8,11-13,18,22,26H,3-4,9-10,14-17,20H2,1H3,(H,30,32)/b13-7+. The molecule has 1 N–H and O–H groups in total. The van der Waals surface area contributed by atoms with Gasteiger partial charge in [0, 0.05) is 25.2 Å². The Hall–Kier alpha value is -3.10.